The molecular weight excluding hydrogens is 280 g/mol. The van der Waals surface area contributed by atoms with Crippen LogP contribution in [0.15, 0.2) is 22.0 Å². The van der Waals surface area contributed by atoms with E-state index in [1.165, 1.54) is 28.5 Å². The molecule has 0 N–H and O–H groups in total. The Bertz CT molecular complexity index is 609. The third-order valence-electron chi connectivity index (χ3n) is 3.51. The van der Waals surface area contributed by atoms with Crippen molar-refractivity contribution in [3.63, 3.8) is 0 Å². The van der Waals surface area contributed by atoms with Crippen LogP contribution in [0.5, 0.6) is 0 Å². The number of hydrogen-bond donors (Lipinski definition) is 0. The lowest BCUT2D eigenvalue weighted by Gasteiger charge is -2.11. The largest absolute Gasteiger partial charge is 0.287 e. The van der Waals surface area contributed by atoms with E-state index in [1.807, 2.05) is 19.9 Å². The summed E-state index contributed by atoms with van der Waals surface area (Å²) in [6.07, 6.45) is 2.01. The number of amides is 1. The topological polar surface area (TPSA) is 32.7 Å². The fourth-order valence-electron chi connectivity index (χ4n) is 2.59. The number of rotatable bonds is 3. The minimum absolute atomic E-state index is 0.0640. The van der Waals surface area contributed by atoms with Gasteiger partial charge in [-0.2, -0.15) is 0 Å². The summed E-state index contributed by atoms with van der Waals surface area (Å²) in [7, 11) is 0. The molecule has 1 amide bonds. The monoisotopic (exact) mass is 302 g/mol. The molecule has 21 heavy (non-hydrogen) atoms. The molecule has 0 aromatic heterocycles. The third-order valence-corrected chi connectivity index (χ3v) is 4.56. The molecule has 0 radical (unpaired) electrons. The number of amidine groups is 1. The lowest BCUT2D eigenvalue weighted by atomic mass is 9.99. The van der Waals surface area contributed by atoms with Crippen molar-refractivity contribution in [2.24, 2.45) is 4.99 Å². The Labute approximate surface area is 131 Å². The Hall–Kier alpha value is -1.55. The highest BCUT2D eigenvalue weighted by atomic mass is 32.2. The predicted octanol–water partition coefficient (Wildman–Crippen LogP) is 3.92. The Kier molecular flexibility index (Phi) is 4.88. The summed E-state index contributed by atoms with van der Waals surface area (Å²) in [5.74, 6) is 0.0640. The van der Waals surface area contributed by atoms with Crippen molar-refractivity contribution in [3.8, 4) is 0 Å². The predicted molar refractivity (Wildman–Crippen MR) is 91.6 cm³/mol. The Morgan fingerprint density at radius 2 is 1.81 bits per heavy atom. The van der Waals surface area contributed by atoms with Crippen LogP contribution < -0.4 is 0 Å². The smallest absolute Gasteiger partial charge is 0.266 e. The number of aryl methyl sites for hydroxylation is 3. The molecule has 3 nitrogen and oxygen atoms in total. The molecule has 1 aliphatic rings. The van der Waals surface area contributed by atoms with Gasteiger partial charge in [-0.05, 0) is 69.1 Å². The van der Waals surface area contributed by atoms with E-state index in [0.29, 0.717) is 13.1 Å². The fraction of sp³-hybridized carbons (Fsp3) is 0.412. The molecule has 0 atom stereocenters. The number of hydrogen-bond acceptors (Lipinski definition) is 3. The number of carbonyl (C=O) groups is 1. The van der Waals surface area contributed by atoms with Crippen LogP contribution in [0.4, 0.5) is 0 Å². The normalized spacial score (nSPS) is 19.1. The maximum Gasteiger partial charge on any atom is 0.266 e. The Balaban J connectivity index is 2.43. The lowest BCUT2D eigenvalue weighted by Crippen LogP contribution is -2.28. The molecule has 0 bridgehead atoms. The molecule has 1 heterocycles. The molecule has 2 rings (SSSR count). The molecular formula is C17H22N2OS. The van der Waals surface area contributed by atoms with E-state index in [9.17, 15) is 4.79 Å². The maximum absolute atomic E-state index is 12.5. The molecule has 1 saturated heterocycles. The van der Waals surface area contributed by atoms with Gasteiger partial charge in [0, 0.05) is 13.1 Å². The highest BCUT2D eigenvalue weighted by Gasteiger charge is 2.31. The summed E-state index contributed by atoms with van der Waals surface area (Å²) >= 11 is 1.48. The van der Waals surface area contributed by atoms with Crippen molar-refractivity contribution < 1.29 is 4.79 Å². The zero-order valence-electron chi connectivity index (χ0n) is 13.4. The average molecular weight is 302 g/mol. The van der Waals surface area contributed by atoms with Crippen molar-refractivity contribution in [1.82, 2.24) is 4.90 Å². The van der Waals surface area contributed by atoms with Gasteiger partial charge in [0.25, 0.3) is 5.91 Å². The molecule has 1 aliphatic heterocycles. The number of benzene rings is 1. The highest BCUT2D eigenvalue weighted by molar-refractivity contribution is 8.18. The van der Waals surface area contributed by atoms with Gasteiger partial charge < -0.3 is 0 Å². The van der Waals surface area contributed by atoms with Crippen LogP contribution in [0.3, 0.4) is 0 Å². The van der Waals surface area contributed by atoms with Crippen molar-refractivity contribution in [2.75, 3.05) is 13.1 Å². The first-order valence-electron chi connectivity index (χ1n) is 7.31. The Morgan fingerprint density at radius 3 is 2.33 bits per heavy atom. The molecule has 1 fully saturated rings. The Morgan fingerprint density at radius 1 is 1.19 bits per heavy atom. The quantitative estimate of drug-likeness (QED) is 0.793. The second kappa shape index (κ2) is 6.48. The third kappa shape index (κ3) is 3.21. The van der Waals surface area contributed by atoms with Crippen LogP contribution in [0, 0.1) is 20.8 Å². The zero-order chi connectivity index (χ0) is 15.6. The number of thioether (sulfide) groups is 1. The maximum atomic E-state index is 12.5. The molecule has 0 spiro atoms. The number of aliphatic imine (C=N–C) groups is 1. The van der Waals surface area contributed by atoms with Gasteiger partial charge in [0.2, 0.25) is 0 Å². The fourth-order valence-corrected chi connectivity index (χ4v) is 3.68. The van der Waals surface area contributed by atoms with E-state index in [2.05, 4.69) is 37.9 Å². The van der Waals surface area contributed by atoms with E-state index in [-0.39, 0.29) is 5.91 Å². The molecule has 0 aliphatic carbocycles. The van der Waals surface area contributed by atoms with Crippen LogP contribution in [-0.4, -0.2) is 29.1 Å². The van der Waals surface area contributed by atoms with Gasteiger partial charge in [0.05, 0.1) is 4.91 Å². The molecule has 1 aromatic rings. The van der Waals surface area contributed by atoms with E-state index in [0.717, 1.165) is 15.6 Å². The first kappa shape index (κ1) is 15.8. The van der Waals surface area contributed by atoms with E-state index in [4.69, 9.17) is 0 Å². The van der Waals surface area contributed by atoms with Crippen LogP contribution in [-0.2, 0) is 4.79 Å². The van der Waals surface area contributed by atoms with Crippen molar-refractivity contribution in [1.29, 1.82) is 0 Å². The summed E-state index contributed by atoms with van der Waals surface area (Å²) < 4.78 is 0. The van der Waals surface area contributed by atoms with Crippen LogP contribution in [0.1, 0.15) is 36.1 Å². The number of carbonyl (C=O) groups excluding carboxylic acids is 1. The average Bonchev–Trinajstić information content (AvgIpc) is 2.70. The SMILES string of the molecule is CCN=C1S/C(=C/c2c(C)cc(C)cc2C)C(=O)N1CC. The standard InChI is InChI=1S/C17H22N2OS/c1-6-18-17-19(7-2)16(20)15(21-17)10-14-12(4)8-11(3)9-13(14)5/h8-10H,6-7H2,1-5H3/b15-10+,18-17?. The van der Waals surface area contributed by atoms with Gasteiger partial charge in [-0.25, -0.2) is 0 Å². The van der Waals surface area contributed by atoms with Gasteiger partial charge in [-0.1, -0.05) is 17.7 Å². The minimum atomic E-state index is 0.0640. The van der Waals surface area contributed by atoms with Gasteiger partial charge >= 0.3 is 0 Å². The summed E-state index contributed by atoms with van der Waals surface area (Å²) in [4.78, 5) is 19.4. The van der Waals surface area contributed by atoms with E-state index >= 15 is 0 Å². The first-order chi connectivity index (χ1) is 9.97. The molecule has 0 saturated carbocycles. The highest BCUT2D eigenvalue weighted by Crippen LogP contribution is 2.33. The summed E-state index contributed by atoms with van der Waals surface area (Å²) in [6.45, 7) is 11.6. The molecule has 1 aromatic carbocycles. The second-order valence-electron chi connectivity index (χ2n) is 5.23. The van der Waals surface area contributed by atoms with Crippen molar-refractivity contribution in [3.05, 3.63) is 39.3 Å². The summed E-state index contributed by atoms with van der Waals surface area (Å²) in [5, 5.41) is 0.818. The zero-order valence-corrected chi connectivity index (χ0v) is 14.2. The minimum Gasteiger partial charge on any atom is -0.287 e. The van der Waals surface area contributed by atoms with E-state index in [1.54, 1.807) is 4.90 Å². The molecule has 0 unspecified atom stereocenters. The number of likely N-dealkylation sites (N-methyl/N-ethyl adjacent to an activating group) is 1. The lowest BCUT2D eigenvalue weighted by molar-refractivity contribution is -0.122. The van der Waals surface area contributed by atoms with Gasteiger partial charge in [0.15, 0.2) is 5.17 Å². The van der Waals surface area contributed by atoms with Crippen LogP contribution in [0.25, 0.3) is 6.08 Å². The van der Waals surface area contributed by atoms with Gasteiger partial charge in [-0.15, -0.1) is 0 Å². The van der Waals surface area contributed by atoms with Crippen LogP contribution >= 0.6 is 11.8 Å². The van der Waals surface area contributed by atoms with Crippen molar-refractivity contribution >= 4 is 28.9 Å². The summed E-state index contributed by atoms with van der Waals surface area (Å²) in [5.41, 5.74) is 4.81. The van der Waals surface area contributed by atoms with Gasteiger partial charge in [-0.3, -0.25) is 14.7 Å². The first-order valence-corrected chi connectivity index (χ1v) is 8.13. The van der Waals surface area contributed by atoms with Gasteiger partial charge in [0.1, 0.15) is 0 Å². The number of nitrogens with zero attached hydrogens (tertiary/aromatic N) is 2. The second-order valence-corrected chi connectivity index (χ2v) is 6.24. The summed E-state index contributed by atoms with van der Waals surface area (Å²) in [6, 6.07) is 4.31. The molecule has 4 heteroatoms. The van der Waals surface area contributed by atoms with E-state index < -0.39 is 0 Å². The van der Waals surface area contributed by atoms with Crippen molar-refractivity contribution in [2.45, 2.75) is 34.6 Å². The van der Waals surface area contributed by atoms with Crippen LogP contribution in [0.2, 0.25) is 0 Å². The molecule has 112 valence electrons.